The van der Waals surface area contributed by atoms with E-state index in [2.05, 4.69) is 31.3 Å². The van der Waals surface area contributed by atoms with Crippen molar-refractivity contribution in [2.45, 2.75) is 38.3 Å². The van der Waals surface area contributed by atoms with Gasteiger partial charge in [0.1, 0.15) is 6.10 Å². The number of fused-ring (bicyclic) bond motifs is 1. The summed E-state index contributed by atoms with van der Waals surface area (Å²) in [6, 6.07) is 8.36. The number of anilines is 1. The molecule has 2 heterocycles. The number of rotatable bonds is 2. The monoisotopic (exact) mass is 260 g/mol. The van der Waals surface area contributed by atoms with E-state index < -0.39 is 0 Å². The Morgan fingerprint density at radius 3 is 2.74 bits per heavy atom. The highest BCUT2D eigenvalue weighted by Crippen LogP contribution is 2.30. The maximum Gasteiger partial charge on any atom is 0.415 e. The lowest BCUT2D eigenvalue weighted by molar-refractivity contribution is 0.117. The van der Waals surface area contributed by atoms with Crippen molar-refractivity contribution in [3.05, 3.63) is 29.8 Å². The molecule has 0 saturated carbocycles. The minimum Gasteiger partial charge on any atom is -0.444 e. The molecule has 2 aliphatic rings. The third kappa shape index (κ3) is 2.21. The van der Waals surface area contributed by atoms with Crippen LogP contribution >= 0.6 is 0 Å². The maximum absolute atomic E-state index is 12.0. The van der Waals surface area contributed by atoms with Crippen LogP contribution in [0.15, 0.2) is 24.3 Å². The van der Waals surface area contributed by atoms with Gasteiger partial charge < -0.3 is 10.1 Å². The molecule has 4 heteroatoms. The van der Waals surface area contributed by atoms with Gasteiger partial charge >= 0.3 is 6.09 Å². The third-order valence-electron chi connectivity index (χ3n) is 4.01. The fourth-order valence-corrected chi connectivity index (χ4v) is 2.85. The fraction of sp³-hybridized carbons (Fsp3) is 0.533. The van der Waals surface area contributed by atoms with Gasteiger partial charge in [-0.05, 0) is 36.6 Å². The van der Waals surface area contributed by atoms with Gasteiger partial charge in [-0.1, -0.05) is 26.0 Å². The molecule has 0 aromatic heterocycles. The maximum atomic E-state index is 12.0. The molecule has 0 aliphatic carbocycles. The predicted molar refractivity (Wildman–Crippen MR) is 74.6 cm³/mol. The number of nitrogens with zero attached hydrogens (tertiary/aromatic N) is 1. The molecular weight excluding hydrogens is 240 g/mol. The first-order valence-corrected chi connectivity index (χ1v) is 6.97. The summed E-state index contributed by atoms with van der Waals surface area (Å²) in [7, 11) is 0. The zero-order valence-corrected chi connectivity index (χ0v) is 11.4. The summed E-state index contributed by atoms with van der Waals surface area (Å²) in [6.07, 6.45) is 0.728. The minimum absolute atomic E-state index is 0.0403. The molecule has 0 radical (unpaired) electrons. The second kappa shape index (κ2) is 4.85. The lowest BCUT2D eigenvalue weighted by Crippen LogP contribution is -2.49. The summed E-state index contributed by atoms with van der Waals surface area (Å²) in [5.74, 6) is 0.503. The molecule has 4 nitrogen and oxygen atoms in total. The molecule has 0 spiro atoms. The van der Waals surface area contributed by atoms with Crippen LogP contribution in [-0.4, -0.2) is 31.3 Å². The lowest BCUT2D eigenvalue weighted by Gasteiger charge is -2.28. The predicted octanol–water partition coefficient (Wildman–Crippen LogP) is 2.50. The third-order valence-corrected chi connectivity index (χ3v) is 4.01. The molecule has 2 fully saturated rings. The molecule has 2 atom stereocenters. The van der Waals surface area contributed by atoms with Crippen molar-refractivity contribution in [1.82, 2.24) is 5.32 Å². The van der Waals surface area contributed by atoms with E-state index in [1.807, 2.05) is 12.1 Å². The van der Waals surface area contributed by atoms with E-state index in [0.29, 0.717) is 5.92 Å². The van der Waals surface area contributed by atoms with Gasteiger partial charge in [-0.15, -0.1) is 0 Å². The van der Waals surface area contributed by atoms with Gasteiger partial charge in [0, 0.05) is 12.2 Å². The van der Waals surface area contributed by atoms with E-state index >= 15 is 0 Å². The van der Waals surface area contributed by atoms with Crippen LogP contribution in [0.1, 0.15) is 31.7 Å². The van der Waals surface area contributed by atoms with Gasteiger partial charge in [0.05, 0.1) is 6.04 Å². The molecule has 1 amide bonds. The average Bonchev–Trinajstić information content (AvgIpc) is 2.74. The van der Waals surface area contributed by atoms with Crippen LogP contribution < -0.4 is 10.2 Å². The Bertz CT molecular complexity index is 470. The molecule has 1 aromatic rings. The molecule has 2 aliphatic heterocycles. The van der Waals surface area contributed by atoms with E-state index in [9.17, 15) is 4.79 Å². The molecule has 1 aromatic carbocycles. The Balaban J connectivity index is 1.86. The lowest BCUT2D eigenvalue weighted by atomic mass is 10.0. The number of carbonyl (C=O) groups excluding carboxylic acids is 1. The number of carbonyl (C=O) groups is 1. The molecular formula is C15H20N2O2. The minimum atomic E-state index is -0.212. The smallest absolute Gasteiger partial charge is 0.415 e. The highest BCUT2D eigenvalue weighted by Gasteiger charge is 2.43. The van der Waals surface area contributed by atoms with Gasteiger partial charge in [-0.3, -0.25) is 4.90 Å². The van der Waals surface area contributed by atoms with Crippen LogP contribution in [0.5, 0.6) is 0 Å². The normalized spacial score (nSPS) is 26.5. The highest BCUT2D eigenvalue weighted by atomic mass is 16.6. The van der Waals surface area contributed by atoms with E-state index in [-0.39, 0.29) is 18.2 Å². The van der Waals surface area contributed by atoms with Gasteiger partial charge in [0.15, 0.2) is 0 Å². The van der Waals surface area contributed by atoms with Crippen LogP contribution in [0.4, 0.5) is 10.5 Å². The molecule has 102 valence electrons. The molecule has 2 saturated heterocycles. The van der Waals surface area contributed by atoms with E-state index in [1.54, 1.807) is 4.90 Å². The van der Waals surface area contributed by atoms with Crippen LogP contribution in [0.25, 0.3) is 0 Å². The number of nitrogens with one attached hydrogen (secondary N) is 1. The number of hydrogen-bond acceptors (Lipinski definition) is 3. The fourth-order valence-electron chi connectivity index (χ4n) is 2.85. The van der Waals surface area contributed by atoms with Crippen molar-refractivity contribution in [2.75, 3.05) is 18.0 Å². The van der Waals surface area contributed by atoms with Crippen LogP contribution in [0.3, 0.4) is 0 Å². The Labute approximate surface area is 113 Å². The van der Waals surface area contributed by atoms with Crippen LogP contribution in [0, 0.1) is 0 Å². The standard InChI is InChI=1S/C15H20N2O2/c1-10(2)11-3-5-12(6-4-11)17-13-9-16-8-7-14(13)19-15(17)18/h3-6,10,13-14,16H,7-9H2,1-2H3. The van der Waals surface area contributed by atoms with E-state index in [0.717, 1.165) is 25.2 Å². The van der Waals surface area contributed by atoms with Crippen LogP contribution in [0.2, 0.25) is 0 Å². The zero-order valence-electron chi connectivity index (χ0n) is 11.4. The Morgan fingerprint density at radius 2 is 2.05 bits per heavy atom. The van der Waals surface area contributed by atoms with Gasteiger partial charge in [-0.25, -0.2) is 4.79 Å². The van der Waals surface area contributed by atoms with Crippen molar-refractivity contribution in [2.24, 2.45) is 0 Å². The molecule has 2 unspecified atom stereocenters. The van der Waals surface area contributed by atoms with Gasteiger partial charge in [0.2, 0.25) is 0 Å². The van der Waals surface area contributed by atoms with Crippen LogP contribution in [-0.2, 0) is 4.74 Å². The van der Waals surface area contributed by atoms with Crippen molar-refractivity contribution >= 4 is 11.8 Å². The first-order chi connectivity index (χ1) is 9.16. The van der Waals surface area contributed by atoms with E-state index in [4.69, 9.17) is 4.74 Å². The number of ether oxygens (including phenoxy) is 1. The average molecular weight is 260 g/mol. The summed E-state index contributed by atoms with van der Waals surface area (Å²) in [5.41, 5.74) is 2.22. The second-order valence-corrected chi connectivity index (χ2v) is 5.60. The zero-order chi connectivity index (χ0) is 13.4. The largest absolute Gasteiger partial charge is 0.444 e. The molecule has 0 bridgehead atoms. The Hall–Kier alpha value is -1.55. The number of benzene rings is 1. The van der Waals surface area contributed by atoms with Crippen molar-refractivity contribution in [1.29, 1.82) is 0 Å². The number of piperidine rings is 1. The van der Waals surface area contributed by atoms with Gasteiger partial charge in [0.25, 0.3) is 0 Å². The summed E-state index contributed by atoms with van der Waals surface area (Å²) in [5, 5.41) is 3.33. The van der Waals surface area contributed by atoms with Gasteiger partial charge in [-0.2, -0.15) is 0 Å². The highest BCUT2D eigenvalue weighted by molar-refractivity contribution is 5.90. The van der Waals surface area contributed by atoms with Crippen molar-refractivity contribution in [3.8, 4) is 0 Å². The summed E-state index contributed by atoms with van der Waals surface area (Å²) in [6.45, 7) is 6.07. The summed E-state index contributed by atoms with van der Waals surface area (Å²) in [4.78, 5) is 13.8. The van der Waals surface area contributed by atoms with Crippen molar-refractivity contribution < 1.29 is 9.53 Å². The summed E-state index contributed by atoms with van der Waals surface area (Å²) >= 11 is 0. The van der Waals surface area contributed by atoms with Crippen molar-refractivity contribution in [3.63, 3.8) is 0 Å². The molecule has 19 heavy (non-hydrogen) atoms. The topological polar surface area (TPSA) is 41.6 Å². The SMILES string of the molecule is CC(C)c1ccc(N2C(=O)OC3CCNCC32)cc1. The summed E-state index contributed by atoms with van der Waals surface area (Å²) < 4.78 is 5.46. The molecule has 3 rings (SSSR count). The Morgan fingerprint density at radius 1 is 1.32 bits per heavy atom. The first kappa shape index (κ1) is 12.5. The van der Waals surface area contributed by atoms with E-state index in [1.165, 1.54) is 5.56 Å². The molecule has 1 N–H and O–H groups in total. The number of hydrogen-bond donors (Lipinski definition) is 1. The Kier molecular flexibility index (Phi) is 3.19. The second-order valence-electron chi connectivity index (χ2n) is 5.60. The number of amides is 1. The quantitative estimate of drug-likeness (QED) is 0.888. The first-order valence-electron chi connectivity index (χ1n) is 6.97.